The van der Waals surface area contributed by atoms with Crippen LogP contribution in [-0.2, 0) is 6.54 Å². The van der Waals surface area contributed by atoms with E-state index in [0.717, 1.165) is 16.3 Å². The molecule has 7 nitrogen and oxygen atoms in total. The van der Waals surface area contributed by atoms with Crippen LogP contribution in [0.3, 0.4) is 0 Å². The lowest BCUT2D eigenvalue weighted by atomic mass is 10.2. The van der Waals surface area contributed by atoms with Crippen molar-refractivity contribution in [3.05, 3.63) is 65.3 Å². The lowest BCUT2D eigenvalue weighted by Crippen LogP contribution is -2.26. The van der Waals surface area contributed by atoms with Crippen molar-refractivity contribution in [3.63, 3.8) is 0 Å². The molecule has 0 saturated heterocycles. The normalized spacial score (nSPS) is 10.9. The van der Waals surface area contributed by atoms with Crippen LogP contribution in [0.1, 0.15) is 16.1 Å². The van der Waals surface area contributed by atoms with E-state index in [1.165, 1.54) is 4.52 Å². The largest absolute Gasteiger partial charge is 0.336 e. The Hall–Kier alpha value is -3.13. The van der Waals surface area contributed by atoms with Crippen molar-refractivity contribution >= 4 is 22.9 Å². The molecule has 0 bridgehead atoms. The Kier molecular flexibility index (Phi) is 3.95. The van der Waals surface area contributed by atoms with Gasteiger partial charge in [0.1, 0.15) is 5.01 Å². The van der Waals surface area contributed by atoms with Crippen LogP contribution < -0.4 is 0 Å². The molecule has 0 saturated carbocycles. The van der Waals surface area contributed by atoms with Crippen molar-refractivity contribution in [2.75, 3.05) is 7.05 Å². The number of tetrazole rings is 1. The first-order valence-electron chi connectivity index (χ1n) is 7.64. The van der Waals surface area contributed by atoms with E-state index < -0.39 is 0 Å². The lowest BCUT2D eigenvalue weighted by Gasteiger charge is -2.15. The Labute approximate surface area is 147 Å². The number of carbonyl (C=O) groups is 1. The highest BCUT2D eigenvalue weighted by molar-refractivity contribution is 7.13. The molecule has 0 radical (unpaired) electrons. The minimum absolute atomic E-state index is 0.105. The molecule has 1 aromatic carbocycles. The molecule has 4 rings (SSSR count). The quantitative estimate of drug-likeness (QED) is 0.565. The van der Waals surface area contributed by atoms with Crippen LogP contribution in [0.5, 0.6) is 0 Å². The van der Waals surface area contributed by atoms with Crippen molar-refractivity contribution in [1.29, 1.82) is 0 Å². The third-order valence-corrected chi connectivity index (χ3v) is 4.70. The predicted molar refractivity (Wildman–Crippen MR) is 94.1 cm³/mol. The molecule has 0 aliphatic rings. The van der Waals surface area contributed by atoms with Crippen molar-refractivity contribution in [2.45, 2.75) is 6.54 Å². The highest BCUT2D eigenvalue weighted by Gasteiger charge is 2.15. The molecule has 0 spiro atoms. The molecule has 0 fully saturated rings. The SMILES string of the molecule is CN(Cc1csc(-c2ccccc2)n1)C(=O)c1ccc2nnnn2c1. The number of carbonyl (C=O) groups excluding carboxylic acids is 1. The Bertz CT molecular complexity index is 1030. The zero-order valence-electron chi connectivity index (χ0n) is 13.4. The molecule has 3 aromatic heterocycles. The smallest absolute Gasteiger partial charge is 0.255 e. The third kappa shape index (κ3) is 3.11. The topological polar surface area (TPSA) is 76.3 Å². The second-order valence-electron chi connectivity index (χ2n) is 5.57. The van der Waals surface area contributed by atoms with Gasteiger partial charge in [0.05, 0.1) is 17.8 Å². The van der Waals surface area contributed by atoms with Crippen LogP contribution in [-0.4, -0.2) is 42.9 Å². The maximum atomic E-state index is 12.6. The second-order valence-corrected chi connectivity index (χ2v) is 6.43. The average molecular weight is 350 g/mol. The van der Waals surface area contributed by atoms with Crippen molar-refractivity contribution in [3.8, 4) is 10.6 Å². The van der Waals surface area contributed by atoms with E-state index in [1.54, 1.807) is 41.6 Å². The molecule has 8 heteroatoms. The van der Waals surface area contributed by atoms with E-state index in [0.29, 0.717) is 17.8 Å². The number of rotatable bonds is 4. The summed E-state index contributed by atoms with van der Waals surface area (Å²) in [4.78, 5) is 18.9. The molecule has 3 heterocycles. The molecule has 0 atom stereocenters. The molecular formula is C17H14N6OS. The highest BCUT2D eigenvalue weighted by atomic mass is 32.1. The van der Waals surface area contributed by atoms with Crippen molar-refractivity contribution in [2.24, 2.45) is 0 Å². The van der Waals surface area contributed by atoms with Gasteiger partial charge in [-0.05, 0) is 22.6 Å². The average Bonchev–Trinajstić information content (AvgIpc) is 3.30. The van der Waals surface area contributed by atoms with Gasteiger partial charge in [0.25, 0.3) is 5.91 Å². The van der Waals surface area contributed by atoms with Crippen LogP contribution >= 0.6 is 11.3 Å². The fourth-order valence-corrected chi connectivity index (χ4v) is 3.31. The zero-order chi connectivity index (χ0) is 17.2. The number of amides is 1. The zero-order valence-corrected chi connectivity index (χ0v) is 14.2. The van der Waals surface area contributed by atoms with Gasteiger partial charge < -0.3 is 4.90 Å². The van der Waals surface area contributed by atoms with Crippen molar-refractivity contribution < 1.29 is 4.79 Å². The number of fused-ring (bicyclic) bond motifs is 1. The third-order valence-electron chi connectivity index (χ3n) is 3.76. The molecule has 0 unspecified atom stereocenters. The number of aromatic nitrogens is 5. The first-order valence-corrected chi connectivity index (χ1v) is 8.52. The summed E-state index contributed by atoms with van der Waals surface area (Å²) in [5.74, 6) is -0.105. The fraction of sp³-hybridized carbons (Fsp3) is 0.118. The predicted octanol–water partition coefficient (Wildman–Crippen LogP) is 2.52. The van der Waals surface area contributed by atoms with E-state index in [2.05, 4.69) is 20.5 Å². The summed E-state index contributed by atoms with van der Waals surface area (Å²) in [6, 6.07) is 13.4. The van der Waals surface area contributed by atoms with Gasteiger partial charge in [0.2, 0.25) is 0 Å². The van der Waals surface area contributed by atoms with Gasteiger partial charge in [0, 0.05) is 24.2 Å². The van der Waals surface area contributed by atoms with Crippen LogP contribution in [0.15, 0.2) is 54.0 Å². The monoisotopic (exact) mass is 350 g/mol. The van der Waals surface area contributed by atoms with Gasteiger partial charge in [-0.1, -0.05) is 30.3 Å². The maximum absolute atomic E-state index is 12.6. The molecule has 0 aliphatic carbocycles. The van der Waals surface area contributed by atoms with Crippen LogP contribution in [0.25, 0.3) is 16.2 Å². The lowest BCUT2D eigenvalue weighted by molar-refractivity contribution is 0.0783. The molecule has 25 heavy (non-hydrogen) atoms. The van der Waals surface area contributed by atoms with E-state index in [1.807, 2.05) is 35.7 Å². The Morgan fingerprint density at radius 1 is 1.20 bits per heavy atom. The minimum Gasteiger partial charge on any atom is -0.336 e. The van der Waals surface area contributed by atoms with E-state index in [4.69, 9.17) is 0 Å². The van der Waals surface area contributed by atoms with Crippen LogP contribution in [0.4, 0.5) is 0 Å². The van der Waals surface area contributed by atoms with Gasteiger partial charge >= 0.3 is 0 Å². The Morgan fingerprint density at radius 2 is 2.04 bits per heavy atom. The second kappa shape index (κ2) is 6.40. The standard InChI is InChI=1S/C17H14N6OS/c1-22(17(24)13-7-8-15-19-20-21-23(15)9-13)10-14-11-25-16(18-14)12-5-3-2-4-6-12/h2-9,11H,10H2,1H3. The van der Waals surface area contributed by atoms with Crippen molar-refractivity contribution in [1.82, 2.24) is 29.9 Å². The first-order chi connectivity index (χ1) is 12.2. The highest BCUT2D eigenvalue weighted by Crippen LogP contribution is 2.23. The maximum Gasteiger partial charge on any atom is 0.255 e. The van der Waals surface area contributed by atoms with Gasteiger partial charge in [-0.25, -0.2) is 4.98 Å². The van der Waals surface area contributed by atoms with E-state index in [-0.39, 0.29) is 5.91 Å². The van der Waals surface area contributed by atoms with E-state index in [9.17, 15) is 4.79 Å². The van der Waals surface area contributed by atoms with Gasteiger partial charge in [-0.2, -0.15) is 4.52 Å². The first kappa shape index (κ1) is 15.4. The van der Waals surface area contributed by atoms with Gasteiger partial charge in [-0.15, -0.1) is 16.4 Å². The number of thiazole rings is 1. The van der Waals surface area contributed by atoms with Gasteiger partial charge in [0.15, 0.2) is 5.65 Å². The molecule has 4 aromatic rings. The van der Waals surface area contributed by atoms with Gasteiger partial charge in [-0.3, -0.25) is 4.79 Å². The summed E-state index contributed by atoms with van der Waals surface area (Å²) in [7, 11) is 1.76. The fourth-order valence-electron chi connectivity index (χ4n) is 2.50. The summed E-state index contributed by atoms with van der Waals surface area (Å²) in [6.45, 7) is 0.440. The van der Waals surface area contributed by atoms with E-state index >= 15 is 0 Å². The number of hydrogen-bond acceptors (Lipinski definition) is 6. The molecule has 0 N–H and O–H groups in total. The molecule has 0 aliphatic heterocycles. The molecular weight excluding hydrogens is 336 g/mol. The summed E-state index contributed by atoms with van der Waals surface area (Å²) in [6.07, 6.45) is 1.63. The van der Waals surface area contributed by atoms with Crippen LogP contribution in [0.2, 0.25) is 0 Å². The summed E-state index contributed by atoms with van der Waals surface area (Å²) in [5.41, 5.74) is 3.08. The summed E-state index contributed by atoms with van der Waals surface area (Å²) >= 11 is 1.58. The number of pyridine rings is 1. The summed E-state index contributed by atoms with van der Waals surface area (Å²) in [5, 5.41) is 14.2. The molecule has 1 amide bonds. The Balaban J connectivity index is 1.50. The van der Waals surface area contributed by atoms with Crippen LogP contribution in [0, 0.1) is 0 Å². The number of benzene rings is 1. The Morgan fingerprint density at radius 3 is 2.88 bits per heavy atom. The number of nitrogens with zero attached hydrogens (tertiary/aromatic N) is 6. The number of hydrogen-bond donors (Lipinski definition) is 0. The minimum atomic E-state index is -0.105. The summed E-state index contributed by atoms with van der Waals surface area (Å²) < 4.78 is 1.48. The molecule has 124 valence electrons.